The van der Waals surface area contributed by atoms with Crippen molar-refractivity contribution in [3.63, 3.8) is 0 Å². The van der Waals surface area contributed by atoms with E-state index in [0.717, 1.165) is 12.1 Å². The van der Waals surface area contributed by atoms with E-state index in [9.17, 15) is 4.79 Å². The van der Waals surface area contributed by atoms with E-state index in [-0.39, 0.29) is 17.4 Å². The van der Waals surface area contributed by atoms with E-state index in [4.69, 9.17) is 0 Å². The van der Waals surface area contributed by atoms with Crippen LogP contribution in [0, 0.1) is 11.3 Å². The molecule has 0 unspecified atom stereocenters. The van der Waals surface area contributed by atoms with Gasteiger partial charge in [-0.05, 0) is 24.8 Å². The van der Waals surface area contributed by atoms with E-state index in [0.29, 0.717) is 12.2 Å². The number of Topliss-reactive ketones (excluding diaryl/α,β-unsaturated/α-hetero) is 1. The number of carbonyl (C=O) groups excluding carboxylic acids is 1. The number of nitrogens with zero attached hydrogens (tertiary/aromatic N) is 1. The van der Waals surface area contributed by atoms with E-state index in [1.165, 1.54) is 0 Å². The number of ketones is 1. The number of rotatable bonds is 1. The Kier molecular flexibility index (Phi) is 2.41. The molecule has 1 heterocycles. The van der Waals surface area contributed by atoms with Crippen molar-refractivity contribution < 1.29 is 4.79 Å². The van der Waals surface area contributed by atoms with Gasteiger partial charge in [-0.2, -0.15) is 5.10 Å². The highest BCUT2D eigenvalue weighted by atomic mass is 16.1. The molecule has 0 saturated heterocycles. The molecule has 1 saturated carbocycles. The molecule has 2 rings (SSSR count). The highest BCUT2D eigenvalue weighted by Gasteiger charge is 2.44. The molecular formula is C12H18N2O. The summed E-state index contributed by atoms with van der Waals surface area (Å²) in [6.45, 7) is 6.25. The Morgan fingerprint density at radius 2 is 2.27 bits per heavy atom. The molecule has 1 fully saturated rings. The minimum atomic E-state index is -0.00535. The number of allylic oxidation sites excluding steroid dienone is 2. The number of carbonyl (C=O) groups is 1. The van der Waals surface area contributed by atoms with Crippen LogP contribution in [0.25, 0.3) is 0 Å². The van der Waals surface area contributed by atoms with Gasteiger partial charge in [0.2, 0.25) is 0 Å². The topological polar surface area (TPSA) is 41.5 Å². The molecule has 82 valence electrons. The molecule has 2 aliphatic rings. The number of nitrogens with one attached hydrogen (secondary N) is 1. The van der Waals surface area contributed by atoms with Gasteiger partial charge in [0.1, 0.15) is 5.78 Å². The highest BCUT2D eigenvalue weighted by molar-refractivity contribution is 6.12. The van der Waals surface area contributed by atoms with Gasteiger partial charge in [-0.15, -0.1) is 0 Å². The molecule has 1 N–H and O–H groups in total. The third-order valence-electron chi connectivity index (χ3n) is 3.19. The maximum atomic E-state index is 12.0. The van der Waals surface area contributed by atoms with Gasteiger partial charge in [-0.25, -0.2) is 0 Å². The standard InChI is InChI=1S/C12H18N2O/c1-4-5-8-11-9(14-13-8)6-12(2,3)7-10(11)15/h4-5,9,11,14H,6-7H2,1-3H3/b5-4+/t9-,11-/m1/s1. The van der Waals surface area contributed by atoms with Crippen LogP contribution in [0.15, 0.2) is 17.3 Å². The lowest BCUT2D eigenvalue weighted by atomic mass is 9.69. The summed E-state index contributed by atoms with van der Waals surface area (Å²) in [5, 5.41) is 4.24. The van der Waals surface area contributed by atoms with E-state index in [1.54, 1.807) is 0 Å². The quantitative estimate of drug-likeness (QED) is 0.712. The third kappa shape index (κ3) is 1.83. The molecule has 0 spiro atoms. The van der Waals surface area contributed by atoms with Gasteiger partial charge in [-0.3, -0.25) is 4.79 Å². The fourth-order valence-electron chi connectivity index (χ4n) is 2.62. The van der Waals surface area contributed by atoms with Crippen LogP contribution in [0.4, 0.5) is 0 Å². The Morgan fingerprint density at radius 1 is 1.53 bits per heavy atom. The Morgan fingerprint density at radius 3 is 2.93 bits per heavy atom. The van der Waals surface area contributed by atoms with Gasteiger partial charge in [0.15, 0.2) is 0 Å². The lowest BCUT2D eigenvalue weighted by molar-refractivity contribution is -0.126. The van der Waals surface area contributed by atoms with Crippen molar-refractivity contribution in [1.82, 2.24) is 5.43 Å². The van der Waals surface area contributed by atoms with Crippen molar-refractivity contribution in [3.8, 4) is 0 Å². The number of fused-ring (bicyclic) bond motifs is 1. The summed E-state index contributed by atoms with van der Waals surface area (Å²) < 4.78 is 0. The largest absolute Gasteiger partial charge is 0.306 e. The zero-order valence-corrected chi connectivity index (χ0v) is 9.58. The van der Waals surface area contributed by atoms with Gasteiger partial charge in [-0.1, -0.05) is 19.9 Å². The molecule has 0 radical (unpaired) electrons. The molecule has 1 aliphatic heterocycles. The molecular weight excluding hydrogens is 188 g/mol. The maximum absolute atomic E-state index is 12.0. The molecule has 0 bridgehead atoms. The zero-order valence-electron chi connectivity index (χ0n) is 9.58. The molecule has 0 aromatic rings. The van der Waals surface area contributed by atoms with Crippen molar-refractivity contribution in [2.24, 2.45) is 16.4 Å². The van der Waals surface area contributed by atoms with E-state index in [2.05, 4.69) is 24.4 Å². The first kappa shape index (κ1) is 10.4. The zero-order chi connectivity index (χ0) is 11.1. The normalized spacial score (nSPS) is 33.8. The Labute approximate surface area is 90.6 Å². The second-order valence-corrected chi connectivity index (χ2v) is 5.26. The fourth-order valence-corrected chi connectivity index (χ4v) is 2.62. The minimum absolute atomic E-state index is 0.00535. The summed E-state index contributed by atoms with van der Waals surface area (Å²) in [6.07, 6.45) is 5.57. The first-order chi connectivity index (χ1) is 7.03. The van der Waals surface area contributed by atoms with Crippen LogP contribution >= 0.6 is 0 Å². The van der Waals surface area contributed by atoms with Crippen molar-refractivity contribution in [3.05, 3.63) is 12.2 Å². The van der Waals surface area contributed by atoms with Gasteiger partial charge < -0.3 is 5.43 Å². The third-order valence-corrected chi connectivity index (χ3v) is 3.19. The SMILES string of the molecule is C/C=C/C1=NN[C@@H]2CC(C)(C)CC(=O)[C@H]12. The van der Waals surface area contributed by atoms with Crippen molar-refractivity contribution in [2.45, 2.75) is 39.7 Å². The van der Waals surface area contributed by atoms with Gasteiger partial charge >= 0.3 is 0 Å². The van der Waals surface area contributed by atoms with Crippen molar-refractivity contribution in [1.29, 1.82) is 0 Å². The molecule has 15 heavy (non-hydrogen) atoms. The number of hydrazone groups is 1. The summed E-state index contributed by atoms with van der Waals surface area (Å²) in [7, 11) is 0. The number of hydrogen-bond acceptors (Lipinski definition) is 3. The van der Waals surface area contributed by atoms with E-state index < -0.39 is 0 Å². The van der Waals surface area contributed by atoms with Gasteiger partial charge in [0.25, 0.3) is 0 Å². The average molecular weight is 206 g/mol. The molecule has 3 nitrogen and oxygen atoms in total. The summed E-state index contributed by atoms with van der Waals surface area (Å²) >= 11 is 0. The smallest absolute Gasteiger partial charge is 0.144 e. The monoisotopic (exact) mass is 206 g/mol. The molecule has 0 amide bonds. The van der Waals surface area contributed by atoms with Crippen LogP contribution in [0.3, 0.4) is 0 Å². The van der Waals surface area contributed by atoms with Crippen LogP contribution < -0.4 is 5.43 Å². The van der Waals surface area contributed by atoms with E-state index in [1.807, 2.05) is 19.1 Å². The Balaban J connectivity index is 2.21. The first-order valence-electron chi connectivity index (χ1n) is 5.52. The highest BCUT2D eigenvalue weighted by Crippen LogP contribution is 2.38. The molecule has 1 aliphatic carbocycles. The minimum Gasteiger partial charge on any atom is -0.306 e. The summed E-state index contributed by atoms with van der Waals surface area (Å²) in [5.74, 6) is 0.326. The summed E-state index contributed by atoms with van der Waals surface area (Å²) in [5.41, 5.74) is 4.12. The van der Waals surface area contributed by atoms with Crippen LogP contribution in [0.5, 0.6) is 0 Å². The molecule has 3 heteroatoms. The van der Waals surface area contributed by atoms with Crippen molar-refractivity contribution in [2.75, 3.05) is 0 Å². The van der Waals surface area contributed by atoms with E-state index >= 15 is 0 Å². The Hall–Kier alpha value is -1.12. The molecule has 0 aromatic heterocycles. The second-order valence-electron chi connectivity index (χ2n) is 5.26. The molecule has 2 atom stereocenters. The fraction of sp³-hybridized carbons (Fsp3) is 0.667. The summed E-state index contributed by atoms with van der Waals surface area (Å²) in [6, 6.07) is 0.215. The van der Waals surface area contributed by atoms with Crippen LogP contribution in [0.2, 0.25) is 0 Å². The first-order valence-corrected chi connectivity index (χ1v) is 5.52. The van der Waals surface area contributed by atoms with Crippen molar-refractivity contribution >= 4 is 11.5 Å². The maximum Gasteiger partial charge on any atom is 0.144 e. The lowest BCUT2D eigenvalue weighted by Crippen LogP contribution is -2.45. The molecule has 0 aromatic carbocycles. The number of hydrogen-bond donors (Lipinski definition) is 1. The van der Waals surface area contributed by atoms with Crippen LogP contribution in [-0.4, -0.2) is 17.5 Å². The predicted octanol–water partition coefficient (Wildman–Crippen LogP) is 1.90. The van der Waals surface area contributed by atoms with Gasteiger partial charge in [0, 0.05) is 6.42 Å². The van der Waals surface area contributed by atoms with Crippen LogP contribution in [-0.2, 0) is 4.79 Å². The van der Waals surface area contributed by atoms with Crippen LogP contribution in [0.1, 0.15) is 33.6 Å². The Bertz CT molecular complexity index is 342. The van der Waals surface area contributed by atoms with Gasteiger partial charge in [0.05, 0.1) is 17.7 Å². The summed E-state index contributed by atoms with van der Waals surface area (Å²) in [4.78, 5) is 12.0. The average Bonchev–Trinajstić information content (AvgIpc) is 2.46. The second kappa shape index (κ2) is 3.47. The predicted molar refractivity (Wildman–Crippen MR) is 60.7 cm³/mol. The lowest BCUT2D eigenvalue weighted by Gasteiger charge is -2.35.